The largest absolute Gasteiger partial charge is 0.326 e. The van der Waals surface area contributed by atoms with Gasteiger partial charge in [0.25, 0.3) is 5.91 Å². The fourth-order valence-corrected chi connectivity index (χ4v) is 4.14. The van der Waals surface area contributed by atoms with Gasteiger partial charge in [-0.1, -0.05) is 23.9 Å². The number of halogens is 1. The van der Waals surface area contributed by atoms with Crippen molar-refractivity contribution in [3.8, 4) is 0 Å². The summed E-state index contributed by atoms with van der Waals surface area (Å²) in [5.74, 6) is -0.365. The summed E-state index contributed by atoms with van der Waals surface area (Å²) in [6, 6.07) is 19.7. The number of rotatable bonds is 3. The van der Waals surface area contributed by atoms with Gasteiger partial charge in [-0.3, -0.25) is 4.79 Å². The zero-order valence-electron chi connectivity index (χ0n) is 13.0. The fraction of sp³-hybridized carbons (Fsp3) is 0. The van der Waals surface area contributed by atoms with Crippen molar-refractivity contribution in [1.82, 2.24) is 0 Å². The van der Waals surface area contributed by atoms with Crippen LogP contribution in [0, 0.1) is 5.82 Å². The molecule has 0 fully saturated rings. The number of hydrogen-bond acceptors (Lipinski definition) is 4. The number of hydrogen-bond donors (Lipinski definition) is 2. The molecule has 4 rings (SSSR count). The third-order valence-electron chi connectivity index (χ3n) is 3.68. The van der Waals surface area contributed by atoms with Crippen molar-refractivity contribution < 1.29 is 9.18 Å². The highest BCUT2D eigenvalue weighted by molar-refractivity contribution is 8.00. The summed E-state index contributed by atoms with van der Waals surface area (Å²) in [6.45, 7) is 0. The summed E-state index contributed by atoms with van der Waals surface area (Å²) in [4.78, 5) is 15.3. The molecular weight excluding hydrogens is 355 g/mol. The zero-order chi connectivity index (χ0) is 17.2. The Balaban J connectivity index is 1.55. The molecule has 0 unspecified atom stereocenters. The summed E-state index contributed by atoms with van der Waals surface area (Å²) >= 11 is 2.99. The van der Waals surface area contributed by atoms with Gasteiger partial charge >= 0.3 is 0 Å². The molecular formula is C19H13FN2OS2. The first kappa shape index (κ1) is 16.1. The first-order valence-electron chi connectivity index (χ1n) is 7.60. The summed E-state index contributed by atoms with van der Waals surface area (Å²) in [7, 11) is 0. The van der Waals surface area contributed by atoms with Crippen LogP contribution in [0.15, 0.2) is 81.4 Å². The SMILES string of the molecule is O=C1Nc2cc(SNc3ccc(F)cc3)ccc2Sc2ccccc21. The van der Waals surface area contributed by atoms with Gasteiger partial charge in [-0.25, -0.2) is 4.39 Å². The van der Waals surface area contributed by atoms with Crippen molar-refractivity contribution >= 4 is 41.0 Å². The molecule has 3 aromatic rings. The van der Waals surface area contributed by atoms with Crippen LogP contribution < -0.4 is 10.0 Å². The van der Waals surface area contributed by atoms with Gasteiger partial charge in [0.2, 0.25) is 0 Å². The second-order valence-corrected chi connectivity index (χ2v) is 7.38. The van der Waals surface area contributed by atoms with E-state index in [1.54, 1.807) is 23.9 Å². The first-order valence-corrected chi connectivity index (χ1v) is 9.23. The lowest BCUT2D eigenvalue weighted by atomic mass is 10.2. The maximum atomic E-state index is 12.9. The van der Waals surface area contributed by atoms with Gasteiger partial charge in [0, 0.05) is 20.4 Å². The number of fused-ring (bicyclic) bond motifs is 2. The van der Waals surface area contributed by atoms with E-state index in [4.69, 9.17) is 0 Å². The van der Waals surface area contributed by atoms with Gasteiger partial charge in [0.15, 0.2) is 0 Å². The number of nitrogens with one attached hydrogen (secondary N) is 2. The van der Waals surface area contributed by atoms with E-state index in [2.05, 4.69) is 10.0 Å². The smallest absolute Gasteiger partial charge is 0.256 e. The third kappa shape index (κ3) is 3.50. The minimum Gasteiger partial charge on any atom is -0.326 e. The molecule has 0 aliphatic carbocycles. The average Bonchev–Trinajstić information content (AvgIpc) is 2.77. The van der Waals surface area contributed by atoms with Gasteiger partial charge in [-0.15, -0.1) is 0 Å². The van der Waals surface area contributed by atoms with Crippen LogP contribution in [0.4, 0.5) is 15.8 Å². The first-order chi connectivity index (χ1) is 12.2. The molecule has 0 atom stereocenters. The Kier molecular flexibility index (Phi) is 4.38. The van der Waals surface area contributed by atoms with Gasteiger partial charge in [-0.2, -0.15) is 0 Å². The van der Waals surface area contributed by atoms with Crippen LogP contribution in [0.2, 0.25) is 0 Å². The van der Waals surface area contributed by atoms with E-state index >= 15 is 0 Å². The van der Waals surface area contributed by atoms with Crippen LogP contribution in [-0.2, 0) is 0 Å². The summed E-state index contributed by atoms with van der Waals surface area (Å²) < 4.78 is 16.1. The molecule has 0 aromatic heterocycles. The lowest BCUT2D eigenvalue weighted by molar-refractivity contribution is 0.102. The highest BCUT2D eigenvalue weighted by Gasteiger charge is 2.19. The predicted molar refractivity (Wildman–Crippen MR) is 101 cm³/mol. The monoisotopic (exact) mass is 368 g/mol. The van der Waals surface area contributed by atoms with Crippen LogP contribution >= 0.6 is 23.7 Å². The molecule has 0 saturated heterocycles. The molecule has 25 heavy (non-hydrogen) atoms. The topological polar surface area (TPSA) is 41.1 Å². The zero-order valence-corrected chi connectivity index (χ0v) is 14.6. The Bertz CT molecular complexity index is 944. The van der Waals surface area contributed by atoms with Gasteiger partial charge in [0.05, 0.1) is 11.3 Å². The Morgan fingerprint density at radius 3 is 2.60 bits per heavy atom. The van der Waals surface area contributed by atoms with E-state index in [0.29, 0.717) is 5.56 Å². The number of carbonyl (C=O) groups is 1. The van der Waals surface area contributed by atoms with E-state index in [1.165, 1.54) is 24.1 Å². The van der Waals surface area contributed by atoms with E-state index in [9.17, 15) is 9.18 Å². The molecule has 1 aliphatic rings. The molecule has 1 heterocycles. The van der Waals surface area contributed by atoms with E-state index in [1.807, 2.05) is 42.5 Å². The molecule has 3 nitrogen and oxygen atoms in total. The summed E-state index contributed by atoms with van der Waals surface area (Å²) in [5, 5.41) is 2.97. The average molecular weight is 368 g/mol. The van der Waals surface area contributed by atoms with Crippen LogP contribution in [0.1, 0.15) is 10.4 Å². The molecule has 0 bridgehead atoms. The molecule has 0 radical (unpaired) electrons. The standard InChI is InChI=1S/C19H13FN2OS2/c20-12-5-7-13(8-6-12)22-25-14-9-10-18-16(11-14)21-19(23)15-3-1-2-4-17(15)24-18/h1-11,22H,(H,21,23). The van der Waals surface area contributed by atoms with Gasteiger partial charge in [0.1, 0.15) is 5.82 Å². The second kappa shape index (κ2) is 6.82. The normalized spacial score (nSPS) is 12.6. The molecule has 0 saturated carbocycles. The Morgan fingerprint density at radius 1 is 0.960 bits per heavy atom. The Hall–Kier alpha value is -2.44. The highest BCUT2D eigenvalue weighted by Crippen LogP contribution is 2.40. The number of benzene rings is 3. The van der Waals surface area contributed by atoms with E-state index in [-0.39, 0.29) is 11.7 Å². The quantitative estimate of drug-likeness (QED) is 0.585. The lowest BCUT2D eigenvalue weighted by Crippen LogP contribution is -2.11. The number of carbonyl (C=O) groups excluding carboxylic acids is 1. The van der Waals surface area contributed by atoms with Crippen molar-refractivity contribution in [1.29, 1.82) is 0 Å². The van der Waals surface area contributed by atoms with E-state index < -0.39 is 0 Å². The van der Waals surface area contributed by atoms with Crippen molar-refractivity contribution in [2.45, 2.75) is 14.7 Å². The summed E-state index contributed by atoms with van der Waals surface area (Å²) in [5.41, 5.74) is 2.28. The van der Waals surface area contributed by atoms with Crippen LogP contribution in [0.5, 0.6) is 0 Å². The fourth-order valence-electron chi connectivity index (χ4n) is 2.45. The summed E-state index contributed by atoms with van der Waals surface area (Å²) in [6.07, 6.45) is 0. The third-order valence-corrected chi connectivity index (χ3v) is 5.66. The highest BCUT2D eigenvalue weighted by atomic mass is 32.2. The lowest BCUT2D eigenvalue weighted by Gasteiger charge is -2.10. The minimum absolute atomic E-state index is 0.101. The molecule has 3 aromatic carbocycles. The van der Waals surface area contributed by atoms with Crippen molar-refractivity contribution in [3.05, 3.63) is 78.1 Å². The predicted octanol–water partition coefficient (Wildman–Crippen LogP) is 5.66. The Labute approximate surface area is 153 Å². The van der Waals surface area contributed by atoms with Crippen LogP contribution in [0.25, 0.3) is 0 Å². The van der Waals surface area contributed by atoms with Crippen molar-refractivity contribution in [2.75, 3.05) is 10.0 Å². The van der Waals surface area contributed by atoms with Gasteiger partial charge < -0.3 is 10.0 Å². The van der Waals surface area contributed by atoms with Crippen LogP contribution in [0.3, 0.4) is 0 Å². The van der Waals surface area contributed by atoms with Crippen molar-refractivity contribution in [2.24, 2.45) is 0 Å². The molecule has 1 amide bonds. The molecule has 124 valence electrons. The molecule has 0 spiro atoms. The molecule has 2 N–H and O–H groups in total. The van der Waals surface area contributed by atoms with E-state index in [0.717, 1.165) is 26.1 Å². The maximum absolute atomic E-state index is 12.9. The maximum Gasteiger partial charge on any atom is 0.256 e. The van der Waals surface area contributed by atoms with Crippen molar-refractivity contribution in [3.63, 3.8) is 0 Å². The minimum atomic E-state index is -0.264. The number of anilines is 2. The molecule has 6 heteroatoms. The number of amides is 1. The van der Waals surface area contributed by atoms with Gasteiger partial charge in [-0.05, 0) is 66.5 Å². The van der Waals surface area contributed by atoms with Crippen LogP contribution in [-0.4, -0.2) is 5.91 Å². The Morgan fingerprint density at radius 2 is 1.76 bits per heavy atom. The second-order valence-electron chi connectivity index (χ2n) is 5.42. The molecule has 1 aliphatic heterocycles.